The standard InChI is InChI=1S/C18H22F3N3O3/c1-17(2,3)27-16(26)22-8-9-23-14(10-22)11-24(15(23)25)13-6-4-12(5-7-13)18(19,20)21/h4-7,14H,8-11H2,1-3H3. The topological polar surface area (TPSA) is 53.1 Å². The summed E-state index contributed by atoms with van der Waals surface area (Å²) in [6, 6.07) is 4.04. The fourth-order valence-corrected chi connectivity index (χ4v) is 3.25. The molecule has 2 saturated heterocycles. The molecule has 148 valence electrons. The van der Waals surface area contributed by atoms with Crippen molar-refractivity contribution in [3.05, 3.63) is 29.8 Å². The van der Waals surface area contributed by atoms with Crippen molar-refractivity contribution in [2.75, 3.05) is 31.1 Å². The van der Waals surface area contributed by atoms with Gasteiger partial charge < -0.3 is 14.5 Å². The number of anilines is 1. The molecule has 0 spiro atoms. The summed E-state index contributed by atoms with van der Waals surface area (Å²) in [5, 5.41) is 0. The molecule has 3 amide bonds. The molecular formula is C18H22F3N3O3. The SMILES string of the molecule is CC(C)(C)OC(=O)N1CCN2C(=O)N(c3ccc(C(F)(F)F)cc3)CC2C1. The Hall–Kier alpha value is -2.45. The normalized spacial score (nSPS) is 20.7. The average molecular weight is 385 g/mol. The van der Waals surface area contributed by atoms with E-state index in [1.54, 1.807) is 30.6 Å². The summed E-state index contributed by atoms with van der Waals surface area (Å²) in [7, 11) is 0. The summed E-state index contributed by atoms with van der Waals surface area (Å²) in [6.45, 7) is 6.71. The molecule has 9 heteroatoms. The van der Waals surface area contributed by atoms with E-state index in [1.807, 2.05) is 0 Å². The van der Waals surface area contributed by atoms with E-state index in [0.717, 1.165) is 12.1 Å². The number of carbonyl (C=O) groups excluding carboxylic acids is 2. The van der Waals surface area contributed by atoms with Crippen LogP contribution in [-0.4, -0.2) is 59.7 Å². The third-order valence-corrected chi connectivity index (χ3v) is 4.51. The van der Waals surface area contributed by atoms with Crippen molar-refractivity contribution in [2.45, 2.75) is 38.6 Å². The molecule has 0 aromatic heterocycles. The number of fused-ring (bicyclic) bond motifs is 1. The summed E-state index contributed by atoms with van der Waals surface area (Å²) in [5.74, 6) is 0. The van der Waals surface area contributed by atoms with Crippen LogP contribution in [0.25, 0.3) is 0 Å². The number of hydrogen-bond acceptors (Lipinski definition) is 3. The minimum Gasteiger partial charge on any atom is -0.444 e. The zero-order chi connectivity index (χ0) is 20.0. The molecule has 6 nitrogen and oxygen atoms in total. The lowest BCUT2D eigenvalue weighted by Gasteiger charge is -2.36. The fraction of sp³-hybridized carbons (Fsp3) is 0.556. The van der Waals surface area contributed by atoms with Gasteiger partial charge in [0.05, 0.1) is 11.6 Å². The van der Waals surface area contributed by atoms with Crippen molar-refractivity contribution in [3.8, 4) is 0 Å². The summed E-state index contributed by atoms with van der Waals surface area (Å²) >= 11 is 0. The molecule has 1 atom stereocenters. The molecule has 3 rings (SSSR count). The van der Waals surface area contributed by atoms with E-state index >= 15 is 0 Å². The number of ether oxygens (including phenoxy) is 1. The molecule has 2 aliphatic rings. The lowest BCUT2D eigenvalue weighted by molar-refractivity contribution is -0.137. The predicted molar refractivity (Wildman–Crippen MR) is 92.5 cm³/mol. The lowest BCUT2D eigenvalue weighted by atomic mass is 10.1. The molecule has 0 bridgehead atoms. The van der Waals surface area contributed by atoms with Gasteiger partial charge in [0, 0.05) is 31.9 Å². The maximum atomic E-state index is 12.7. The second kappa shape index (κ2) is 6.61. The maximum Gasteiger partial charge on any atom is 0.416 e. The summed E-state index contributed by atoms with van der Waals surface area (Å²) in [6.07, 6.45) is -4.85. The van der Waals surface area contributed by atoms with E-state index in [2.05, 4.69) is 0 Å². The Morgan fingerprint density at radius 1 is 1.07 bits per heavy atom. The van der Waals surface area contributed by atoms with Gasteiger partial charge >= 0.3 is 18.3 Å². The maximum absolute atomic E-state index is 12.7. The predicted octanol–water partition coefficient (Wildman–Crippen LogP) is 3.57. The van der Waals surface area contributed by atoms with Crippen LogP contribution in [0.3, 0.4) is 0 Å². The third kappa shape index (κ3) is 4.12. The Kier molecular flexibility index (Phi) is 4.73. The Morgan fingerprint density at radius 2 is 1.70 bits per heavy atom. The Bertz CT molecular complexity index is 728. The van der Waals surface area contributed by atoms with Crippen LogP contribution >= 0.6 is 0 Å². The molecule has 0 aliphatic carbocycles. The number of hydrogen-bond donors (Lipinski definition) is 0. The molecule has 2 aliphatic heterocycles. The van der Waals surface area contributed by atoms with E-state index in [4.69, 9.17) is 4.74 Å². The van der Waals surface area contributed by atoms with Crippen LogP contribution in [0.4, 0.5) is 28.4 Å². The number of rotatable bonds is 1. The molecule has 0 N–H and O–H groups in total. The second-order valence-corrected chi connectivity index (χ2v) is 7.71. The third-order valence-electron chi connectivity index (χ3n) is 4.51. The van der Waals surface area contributed by atoms with Crippen LogP contribution in [-0.2, 0) is 10.9 Å². The van der Waals surface area contributed by atoms with E-state index in [0.29, 0.717) is 31.9 Å². The van der Waals surface area contributed by atoms with Gasteiger partial charge in [0.15, 0.2) is 0 Å². The van der Waals surface area contributed by atoms with E-state index in [1.165, 1.54) is 17.0 Å². The van der Waals surface area contributed by atoms with Gasteiger partial charge in [-0.05, 0) is 45.0 Å². The van der Waals surface area contributed by atoms with Crippen LogP contribution in [0.15, 0.2) is 24.3 Å². The highest BCUT2D eigenvalue weighted by Crippen LogP contribution is 2.32. The number of halogens is 3. The Balaban J connectivity index is 1.69. The van der Waals surface area contributed by atoms with Crippen molar-refractivity contribution in [3.63, 3.8) is 0 Å². The highest BCUT2D eigenvalue weighted by Gasteiger charge is 2.43. The molecule has 1 unspecified atom stereocenters. The van der Waals surface area contributed by atoms with E-state index in [9.17, 15) is 22.8 Å². The van der Waals surface area contributed by atoms with Gasteiger partial charge in [-0.1, -0.05) is 0 Å². The van der Waals surface area contributed by atoms with Crippen LogP contribution < -0.4 is 4.90 Å². The first-order valence-electron chi connectivity index (χ1n) is 8.69. The van der Waals surface area contributed by atoms with Gasteiger partial charge in [-0.25, -0.2) is 9.59 Å². The number of alkyl halides is 3. The number of benzene rings is 1. The Morgan fingerprint density at radius 3 is 2.26 bits per heavy atom. The van der Waals surface area contributed by atoms with Crippen molar-refractivity contribution in [1.29, 1.82) is 0 Å². The number of urea groups is 1. The smallest absolute Gasteiger partial charge is 0.416 e. The van der Waals surface area contributed by atoms with Crippen LogP contribution in [0.5, 0.6) is 0 Å². The first kappa shape index (κ1) is 19.3. The van der Waals surface area contributed by atoms with E-state index < -0.39 is 23.4 Å². The summed E-state index contributed by atoms with van der Waals surface area (Å²) in [4.78, 5) is 29.5. The van der Waals surface area contributed by atoms with Crippen LogP contribution in [0, 0.1) is 0 Å². The number of carbonyl (C=O) groups is 2. The quantitative estimate of drug-likeness (QED) is 0.743. The van der Waals surface area contributed by atoms with Gasteiger partial charge in [0.25, 0.3) is 0 Å². The minimum absolute atomic E-state index is 0.221. The average Bonchev–Trinajstić information content (AvgIpc) is 2.89. The van der Waals surface area contributed by atoms with Crippen molar-refractivity contribution >= 4 is 17.8 Å². The van der Waals surface area contributed by atoms with Gasteiger partial charge in [-0.15, -0.1) is 0 Å². The highest BCUT2D eigenvalue weighted by molar-refractivity contribution is 5.95. The molecular weight excluding hydrogens is 363 g/mol. The monoisotopic (exact) mass is 385 g/mol. The summed E-state index contributed by atoms with van der Waals surface area (Å²) < 4.78 is 43.5. The van der Waals surface area contributed by atoms with Gasteiger partial charge in [0.2, 0.25) is 0 Å². The first-order valence-corrected chi connectivity index (χ1v) is 8.69. The van der Waals surface area contributed by atoms with Crippen molar-refractivity contribution < 1.29 is 27.5 Å². The minimum atomic E-state index is -4.42. The largest absolute Gasteiger partial charge is 0.444 e. The molecule has 1 aromatic carbocycles. The number of piperazine rings is 1. The zero-order valence-corrected chi connectivity index (χ0v) is 15.4. The van der Waals surface area contributed by atoms with Crippen LogP contribution in [0.2, 0.25) is 0 Å². The van der Waals surface area contributed by atoms with Crippen molar-refractivity contribution in [1.82, 2.24) is 9.80 Å². The van der Waals surface area contributed by atoms with E-state index in [-0.39, 0.29) is 12.1 Å². The molecule has 1 aromatic rings. The Labute approximate surface area is 155 Å². The molecule has 0 radical (unpaired) electrons. The number of nitrogens with zero attached hydrogens (tertiary/aromatic N) is 3. The van der Waals surface area contributed by atoms with Gasteiger partial charge in [0.1, 0.15) is 5.60 Å². The first-order chi connectivity index (χ1) is 12.5. The highest BCUT2D eigenvalue weighted by atomic mass is 19.4. The molecule has 27 heavy (non-hydrogen) atoms. The molecule has 2 fully saturated rings. The zero-order valence-electron chi connectivity index (χ0n) is 15.4. The fourth-order valence-electron chi connectivity index (χ4n) is 3.25. The second-order valence-electron chi connectivity index (χ2n) is 7.71. The van der Waals surface area contributed by atoms with Crippen molar-refractivity contribution in [2.24, 2.45) is 0 Å². The lowest BCUT2D eigenvalue weighted by Crippen LogP contribution is -2.54. The van der Waals surface area contributed by atoms with Crippen LogP contribution in [0.1, 0.15) is 26.3 Å². The summed E-state index contributed by atoms with van der Waals surface area (Å²) in [5.41, 5.74) is -0.954. The molecule has 0 saturated carbocycles. The number of amides is 3. The molecule has 2 heterocycles. The van der Waals surface area contributed by atoms with Gasteiger partial charge in [-0.2, -0.15) is 13.2 Å². The van der Waals surface area contributed by atoms with Gasteiger partial charge in [-0.3, -0.25) is 4.90 Å².